The quantitative estimate of drug-likeness (QED) is 0.234. The fourth-order valence-electron chi connectivity index (χ4n) is 2.75. The van der Waals surface area contributed by atoms with Crippen LogP contribution in [0, 0.1) is 21.4 Å². The van der Waals surface area contributed by atoms with Crippen molar-refractivity contribution >= 4 is 47.0 Å². The van der Waals surface area contributed by atoms with Crippen LogP contribution in [-0.2, 0) is 4.79 Å². The standard InChI is InChI=1S/C17H22BBrN4O5/c1-21(6-2-3-16(24)25)17(26)13-10-14(22(7-4-18)8-5-19)12(11-20)9-15(13)23(27)28/h9-10H,2-8,18H2,1H3,(H,24,25). The van der Waals surface area contributed by atoms with Crippen LogP contribution in [0.5, 0.6) is 0 Å². The number of rotatable bonds is 11. The van der Waals surface area contributed by atoms with E-state index in [4.69, 9.17) is 5.11 Å². The second kappa shape index (κ2) is 11.3. The molecule has 0 atom stereocenters. The molecule has 0 unspecified atom stereocenters. The Hall–Kier alpha value is -2.61. The molecule has 1 aromatic rings. The smallest absolute Gasteiger partial charge is 0.303 e. The van der Waals surface area contributed by atoms with E-state index in [0.29, 0.717) is 24.1 Å². The van der Waals surface area contributed by atoms with Crippen molar-refractivity contribution in [2.45, 2.75) is 19.2 Å². The van der Waals surface area contributed by atoms with Gasteiger partial charge in [-0.2, -0.15) is 5.26 Å². The lowest BCUT2D eigenvalue weighted by molar-refractivity contribution is -0.385. The van der Waals surface area contributed by atoms with Gasteiger partial charge in [0.05, 0.1) is 16.2 Å². The first-order valence-corrected chi connectivity index (χ1v) is 9.89. The molecule has 150 valence electrons. The van der Waals surface area contributed by atoms with Crippen LogP contribution in [0.4, 0.5) is 11.4 Å². The van der Waals surface area contributed by atoms with Crippen molar-refractivity contribution in [2.24, 2.45) is 0 Å². The Morgan fingerprint density at radius 2 is 2.04 bits per heavy atom. The summed E-state index contributed by atoms with van der Waals surface area (Å²) in [5.41, 5.74) is 0.0426. The van der Waals surface area contributed by atoms with Crippen LogP contribution in [0.25, 0.3) is 0 Å². The average Bonchev–Trinajstić information content (AvgIpc) is 2.65. The van der Waals surface area contributed by atoms with Gasteiger partial charge in [-0.05, 0) is 12.5 Å². The van der Waals surface area contributed by atoms with Gasteiger partial charge in [0.2, 0.25) is 0 Å². The van der Waals surface area contributed by atoms with Gasteiger partial charge in [-0.15, -0.1) is 0 Å². The van der Waals surface area contributed by atoms with Crippen LogP contribution in [0.3, 0.4) is 0 Å². The summed E-state index contributed by atoms with van der Waals surface area (Å²) in [7, 11) is 3.44. The second-order valence-corrected chi connectivity index (χ2v) is 6.95. The van der Waals surface area contributed by atoms with E-state index in [1.54, 1.807) is 0 Å². The van der Waals surface area contributed by atoms with Crippen molar-refractivity contribution in [1.29, 1.82) is 5.26 Å². The normalized spacial score (nSPS) is 10.2. The molecule has 0 saturated heterocycles. The Bertz CT molecular complexity index is 778. The topological polar surface area (TPSA) is 128 Å². The van der Waals surface area contributed by atoms with Crippen molar-refractivity contribution in [3.63, 3.8) is 0 Å². The third-order valence-electron chi connectivity index (χ3n) is 4.08. The van der Waals surface area contributed by atoms with E-state index in [2.05, 4.69) is 15.9 Å². The Kier molecular flexibility index (Phi) is 9.45. The second-order valence-electron chi connectivity index (χ2n) is 6.16. The maximum atomic E-state index is 12.8. The van der Waals surface area contributed by atoms with E-state index >= 15 is 0 Å². The molecule has 0 bridgehead atoms. The molecule has 1 aromatic carbocycles. The number of carboxylic acid groups (broad SMARTS) is 1. The molecule has 1 rings (SSSR count). The van der Waals surface area contributed by atoms with Crippen LogP contribution in [0.2, 0.25) is 6.32 Å². The van der Waals surface area contributed by atoms with Crippen molar-refractivity contribution in [2.75, 3.05) is 36.9 Å². The molecule has 1 amide bonds. The van der Waals surface area contributed by atoms with Gasteiger partial charge in [-0.3, -0.25) is 19.7 Å². The van der Waals surface area contributed by atoms with Gasteiger partial charge in [0.1, 0.15) is 19.5 Å². The number of nitriles is 1. The number of hydrogen-bond acceptors (Lipinski definition) is 6. The number of amides is 1. The molecule has 0 radical (unpaired) electrons. The lowest BCUT2D eigenvalue weighted by Gasteiger charge is -2.25. The highest BCUT2D eigenvalue weighted by Crippen LogP contribution is 2.30. The number of carbonyl (C=O) groups is 2. The number of nitro benzene ring substituents is 1. The van der Waals surface area contributed by atoms with Crippen LogP contribution in [0.1, 0.15) is 28.8 Å². The van der Waals surface area contributed by atoms with E-state index in [1.807, 2.05) is 18.8 Å². The number of benzene rings is 1. The fraction of sp³-hybridized carbons (Fsp3) is 0.471. The number of carbonyl (C=O) groups excluding carboxylic acids is 1. The zero-order valence-corrected chi connectivity index (χ0v) is 17.4. The summed E-state index contributed by atoms with van der Waals surface area (Å²) in [5.74, 6) is -1.56. The minimum atomic E-state index is -0.975. The molecule has 0 saturated carbocycles. The van der Waals surface area contributed by atoms with Gasteiger partial charge in [-0.25, -0.2) is 0 Å². The van der Waals surface area contributed by atoms with Crippen LogP contribution in [0.15, 0.2) is 12.1 Å². The summed E-state index contributed by atoms with van der Waals surface area (Å²) in [4.78, 5) is 37.4. The molecule has 0 aliphatic carbocycles. The lowest BCUT2D eigenvalue weighted by Crippen LogP contribution is -2.30. The first-order valence-electron chi connectivity index (χ1n) is 8.77. The minimum Gasteiger partial charge on any atom is -0.481 e. The third-order valence-corrected chi connectivity index (χ3v) is 4.44. The number of nitrogens with zero attached hydrogens (tertiary/aromatic N) is 4. The number of hydrogen-bond donors (Lipinski definition) is 1. The largest absolute Gasteiger partial charge is 0.481 e. The van der Waals surface area contributed by atoms with Crippen LogP contribution in [-0.4, -0.2) is 66.7 Å². The predicted molar refractivity (Wildman–Crippen MR) is 111 cm³/mol. The van der Waals surface area contributed by atoms with Gasteiger partial charge in [-0.1, -0.05) is 22.3 Å². The molecule has 0 fully saturated rings. The summed E-state index contributed by atoms with van der Waals surface area (Å²) in [6.07, 6.45) is 0.932. The maximum Gasteiger partial charge on any atom is 0.303 e. The Balaban J connectivity index is 3.36. The summed E-state index contributed by atoms with van der Waals surface area (Å²) >= 11 is 3.36. The lowest BCUT2D eigenvalue weighted by atomic mass is 10.0. The molecule has 11 heteroatoms. The Morgan fingerprint density at radius 3 is 2.54 bits per heavy atom. The highest BCUT2D eigenvalue weighted by Gasteiger charge is 2.27. The maximum absolute atomic E-state index is 12.8. The fourth-order valence-corrected chi connectivity index (χ4v) is 3.18. The molecular formula is C17H22BBrN4O5. The van der Waals surface area contributed by atoms with Gasteiger partial charge in [0, 0.05) is 44.5 Å². The van der Waals surface area contributed by atoms with Gasteiger partial charge in [0.15, 0.2) is 0 Å². The summed E-state index contributed by atoms with van der Waals surface area (Å²) in [6.45, 7) is 1.35. The highest BCUT2D eigenvalue weighted by atomic mass is 79.9. The molecule has 0 spiro atoms. The van der Waals surface area contributed by atoms with Crippen molar-refractivity contribution in [1.82, 2.24) is 4.90 Å². The zero-order chi connectivity index (χ0) is 21.3. The van der Waals surface area contributed by atoms with Crippen molar-refractivity contribution < 1.29 is 19.6 Å². The zero-order valence-electron chi connectivity index (χ0n) is 15.9. The molecule has 0 aliphatic rings. The SMILES string of the molecule is BCCN(CCBr)c1cc(C(=O)N(C)CCCC(=O)O)c([N+](=O)[O-])cc1C#N. The van der Waals surface area contributed by atoms with E-state index in [1.165, 1.54) is 18.0 Å². The molecular weight excluding hydrogens is 431 g/mol. The van der Waals surface area contributed by atoms with Gasteiger partial charge in [0.25, 0.3) is 11.6 Å². The number of aliphatic carboxylic acids is 1. The number of anilines is 1. The van der Waals surface area contributed by atoms with E-state index < -0.39 is 22.5 Å². The summed E-state index contributed by atoms with van der Waals surface area (Å²) in [5, 5.41) is 30.3. The molecule has 1 N–H and O–H groups in total. The number of carboxylic acids is 1. The summed E-state index contributed by atoms with van der Waals surface area (Å²) in [6, 6.07) is 4.50. The number of nitro groups is 1. The van der Waals surface area contributed by atoms with Crippen molar-refractivity contribution in [3.05, 3.63) is 33.4 Å². The monoisotopic (exact) mass is 452 g/mol. The Morgan fingerprint density at radius 1 is 1.36 bits per heavy atom. The van der Waals surface area contributed by atoms with Gasteiger partial charge < -0.3 is 14.9 Å². The first-order chi connectivity index (χ1) is 13.3. The van der Waals surface area contributed by atoms with Crippen LogP contribution < -0.4 is 4.90 Å². The average molecular weight is 453 g/mol. The van der Waals surface area contributed by atoms with E-state index in [9.17, 15) is 25.0 Å². The third kappa shape index (κ3) is 6.23. The van der Waals surface area contributed by atoms with E-state index in [-0.39, 0.29) is 30.5 Å². The number of halogens is 1. The molecule has 0 heterocycles. The Labute approximate surface area is 172 Å². The van der Waals surface area contributed by atoms with Crippen LogP contribution >= 0.6 is 15.9 Å². The molecule has 28 heavy (non-hydrogen) atoms. The minimum absolute atomic E-state index is 0.103. The van der Waals surface area contributed by atoms with Crippen molar-refractivity contribution in [3.8, 4) is 6.07 Å². The van der Waals surface area contributed by atoms with E-state index in [0.717, 1.165) is 12.4 Å². The highest BCUT2D eigenvalue weighted by molar-refractivity contribution is 9.09. The number of alkyl halides is 1. The molecule has 9 nitrogen and oxygen atoms in total. The molecule has 0 aromatic heterocycles. The predicted octanol–water partition coefficient (Wildman–Crippen LogP) is 1.66. The first kappa shape index (κ1) is 23.4. The van der Waals surface area contributed by atoms with Gasteiger partial charge >= 0.3 is 5.97 Å². The molecule has 0 aliphatic heterocycles. The summed E-state index contributed by atoms with van der Waals surface area (Å²) < 4.78 is 0.